The number of nitrogens with two attached hydrogens (primary N) is 1. The monoisotopic (exact) mass is 1020 g/mol. The Balaban J connectivity index is 0. The number of para-hydroxylation sites is 2. The fourth-order valence-corrected chi connectivity index (χ4v) is 3.50. The van der Waals surface area contributed by atoms with Crippen molar-refractivity contribution in [3.63, 3.8) is 0 Å². The quantitative estimate of drug-likeness (QED) is 0.346. The zero-order chi connectivity index (χ0) is 20.9. The number of fused-ring (bicyclic) bond motifs is 2. The van der Waals surface area contributed by atoms with Crippen molar-refractivity contribution < 1.29 is 13.3 Å². The fraction of sp³-hybridized carbons (Fsp3) is 0.389. The third-order valence-corrected chi connectivity index (χ3v) is 4.83. The van der Waals surface area contributed by atoms with Gasteiger partial charge in [-0.25, -0.2) is 4.99 Å². The van der Waals surface area contributed by atoms with Crippen LogP contribution in [0.4, 0.5) is 16.4 Å². The van der Waals surface area contributed by atoms with Gasteiger partial charge in [-0.2, -0.15) is 0 Å². The van der Waals surface area contributed by atoms with Crippen LogP contribution in [0.2, 0.25) is 0 Å². The number of aliphatic imine (C=N–C) groups is 1. The summed E-state index contributed by atoms with van der Waals surface area (Å²) in [6, 6.07) is 9.98. The summed E-state index contributed by atoms with van der Waals surface area (Å²) in [5, 5.41) is 7.72. The van der Waals surface area contributed by atoms with Crippen LogP contribution in [0.25, 0.3) is 0 Å². The molecule has 1 aromatic carbocycles. The molecule has 1 saturated heterocycles. The fourth-order valence-electron chi connectivity index (χ4n) is 2.56. The Hall–Kier alpha value is 2.05. The first-order chi connectivity index (χ1) is 13.5. The van der Waals surface area contributed by atoms with Gasteiger partial charge in [0.1, 0.15) is 10.8 Å². The number of amidine groups is 1. The molecule has 0 spiro atoms. The standard InChI is InChI=1S/C12H11N3S.C5H12N2.CH4.ClH.I3.I2/c1-7-6-8-11(13)14-9-4-2-3-5-10(9)15-12(8)16-7;1-7-4-2-6-3-5-7;;;1-3-2;1-2/h2-6,15H,1H3,(H2,13,14);6H,2-5H2,1H3;1H4;1H;;/q;;;;-1;. The van der Waals surface area contributed by atoms with E-state index in [-0.39, 0.29) is 19.8 Å². The van der Waals surface area contributed by atoms with Gasteiger partial charge < -0.3 is 21.3 Å². The van der Waals surface area contributed by atoms with Crippen molar-refractivity contribution in [2.24, 2.45) is 10.7 Å². The van der Waals surface area contributed by atoms with Gasteiger partial charge in [0.2, 0.25) is 0 Å². The summed E-state index contributed by atoms with van der Waals surface area (Å²) < 4.78 is 0. The molecule has 3 heterocycles. The van der Waals surface area contributed by atoms with E-state index in [2.05, 4.69) is 115 Å². The molecule has 0 aliphatic carbocycles. The number of rotatable bonds is 0. The average molecular weight is 1020 g/mol. The Morgan fingerprint density at radius 2 is 1.73 bits per heavy atom. The molecule has 0 atom stereocenters. The number of likely N-dealkylation sites (N-methyl/N-ethyl adjacent to an activating group) is 1. The second-order valence-corrected chi connectivity index (χ2v) is 23.3. The molecule has 5 nitrogen and oxygen atoms in total. The van der Waals surface area contributed by atoms with Crippen LogP contribution in [0.1, 0.15) is 17.9 Å². The number of nitrogens with one attached hydrogen (secondary N) is 2. The van der Waals surface area contributed by atoms with Crippen LogP contribution < -0.4 is 29.6 Å². The molecule has 2 aliphatic rings. The first kappa shape index (κ1) is 34.2. The van der Waals surface area contributed by atoms with Crippen molar-refractivity contribution in [2.45, 2.75) is 14.4 Å². The summed E-state index contributed by atoms with van der Waals surface area (Å²) in [6.07, 6.45) is 0. The summed E-state index contributed by atoms with van der Waals surface area (Å²) in [5.41, 5.74) is 8.89. The normalized spacial score (nSPS) is 13.9. The van der Waals surface area contributed by atoms with Gasteiger partial charge in [-0.1, -0.05) is 19.6 Å². The Bertz CT molecular complexity index is 742. The van der Waals surface area contributed by atoms with Crippen LogP contribution in [-0.4, -0.2) is 44.0 Å². The molecule has 174 valence electrons. The van der Waals surface area contributed by atoms with Crippen LogP contribution in [0.3, 0.4) is 0 Å². The van der Waals surface area contributed by atoms with Crippen molar-refractivity contribution >= 4 is 120 Å². The van der Waals surface area contributed by atoms with Crippen LogP contribution in [0, 0.1) is 6.92 Å². The van der Waals surface area contributed by atoms with Crippen LogP contribution in [0.5, 0.6) is 0 Å². The number of thiophene rings is 1. The van der Waals surface area contributed by atoms with Gasteiger partial charge >= 0.3 is 50.5 Å². The van der Waals surface area contributed by atoms with Crippen molar-refractivity contribution in [2.75, 3.05) is 38.5 Å². The van der Waals surface area contributed by atoms with E-state index >= 15 is 0 Å². The molecule has 2 aromatic rings. The number of piperazine rings is 1. The maximum atomic E-state index is 5.99. The predicted octanol–water partition coefficient (Wildman–Crippen LogP) is 4.28. The summed E-state index contributed by atoms with van der Waals surface area (Å²) in [5.74, 6) is 0.580. The van der Waals surface area contributed by atoms with Gasteiger partial charge in [0, 0.05) is 68.3 Å². The summed E-state index contributed by atoms with van der Waals surface area (Å²) in [6.45, 7) is 6.81. The topological polar surface area (TPSA) is 65.7 Å². The molecular weight excluding hydrogens is 988 g/mol. The molecule has 0 saturated carbocycles. The first-order valence-electron chi connectivity index (χ1n) is 8.26. The molecule has 30 heavy (non-hydrogen) atoms. The summed E-state index contributed by atoms with van der Waals surface area (Å²) in [4.78, 5) is 7.99. The van der Waals surface area contributed by atoms with E-state index in [1.54, 1.807) is 11.3 Å². The maximum absolute atomic E-state index is 5.99. The van der Waals surface area contributed by atoms with Crippen molar-refractivity contribution in [3.05, 3.63) is 40.8 Å². The Morgan fingerprint density at radius 1 is 1.17 bits per heavy atom. The van der Waals surface area contributed by atoms with Gasteiger partial charge in [0.25, 0.3) is 0 Å². The zero-order valence-electron chi connectivity index (χ0n) is 15.9. The SMILES string of the molecule is C.CN1CCNCC1.Cc1cc2c(s1)Nc1ccccc1N=C2N.Cl.II.I[I-]I. The molecular formula is C18H28ClI5N5S-. The summed E-state index contributed by atoms with van der Waals surface area (Å²) >= 11 is 11.2. The number of hydrogen-bond acceptors (Lipinski definition) is 6. The number of hydrogen-bond donors (Lipinski definition) is 3. The number of anilines is 2. The van der Waals surface area contributed by atoms with E-state index in [4.69, 9.17) is 5.73 Å². The number of nitrogens with zero attached hydrogens (tertiary/aromatic N) is 2. The van der Waals surface area contributed by atoms with Crippen molar-refractivity contribution in [1.82, 2.24) is 10.2 Å². The van der Waals surface area contributed by atoms with Crippen LogP contribution in [-0.2, 0) is 0 Å². The average Bonchev–Trinajstić information content (AvgIpc) is 3.01. The molecule has 12 heteroatoms. The number of aryl methyl sites for hydroxylation is 1. The Kier molecular flexibility index (Phi) is 23.3. The van der Waals surface area contributed by atoms with Gasteiger partial charge in [-0.3, -0.25) is 0 Å². The second kappa shape index (κ2) is 20.4. The van der Waals surface area contributed by atoms with Gasteiger partial charge in [0.15, 0.2) is 0 Å². The number of benzene rings is 1. The van der Waals surface area contributed by atoms with E-state index in [0.29, 0.717) is 19.1 Å². The number of halogens is 6. The minimum atomic E-state index is 0. The van der Waals surface area contributed by atoms with Gasteiger partial charge in [0.05, 0.1) is 16.9 Å². The predicted molar refractivity (Wildman–Crippen MR) is 170 cm³/mol. The second-order valence-electron chi connectivity index (χ2n) is 5.85. The van der Waals surface area contributed by atoms with E-state index < -0.39 is 0 Å². The molecule has 0 amide bonds. The molecule has 1 fully saturated rings. The van der Waals surface area contributed by atoms with Crippen molar-refractivity contribution in [1.29, 1.82) is 0 Å². The van der Waals surface area contributed by atoms with Crippen molar-refractivity contribution in [3.8, 4) is 0 Å². The van der Waals surface area contributed by atoms with E-state index in [1.165, 1.54) is 18.0 Å². The molecule has 4 rings (SSSR count). The van der Waals surface area contributed by atoms with E-state index in [1.807, 2.05) is 24.3 Å². The minimum absolute atomic E-state index is 0. The molecule has 4 N–H and O–H groups in total. The van der Waals surface area contributed by atoms with E-state index in [9.17, 15) is 0 Å². The molecule has 0 radical (unpaired) electrons. The molecule has 0 bridgehead atoms. The Labute approximate surface area is 244 Å². The Morgan fingerprint density at radius 3 is 2.27 bits per heavy atom. The van der Waals surface area contributed by atoms with Crippen LogP contribution in [0.15, 0.2) is 35.3 Å². The summed E-state index contributed by atoms with van der Waals surface area (Å²) in [7, 11) is 2.15. The van der Waals surface area contributed by atoms with E-state index in [0.717, 1.165) is 35.0 Å². The third kappa shape index (κ3) is 12.5. The molecule has 0 unspecified atom stereocenters. The van der Waals surface area contributed by atoms with Gasteiger partial charge in [-0.15, -0.1) is 23.7 Å². The third-order valence-electron chi connectivity index (χ3n) is 3.86. The molecule has 1 aromatic heterocycles. The van der Waals surface area contributed by atoms with Crippen LogP contribution >= 0.6 is 98.2 Å². The van der Waals surface area contributed by atoms with Gasteiger partial charge in [-0.05, 0) is 32.2 Å². The molecule has 2 aliphatic heterocycles. The zero-order valence-corrected chi connectivity index (χ0v) is 28.3. The first-order valence-corrected chi connectivity index (χ1v) is 27.9.